The molecule has 0 aliphatic carbocycles. The van der Waals surface area contributed by atoms with Crippen molar-refractivity contribution < 1.29 is 0 Å². The van der Waals surface area contributed by atoms with Gasteiger partial charge in [0.2, 0.25) is 0 Å². The van der Waals surface area contributed by atoms with Crippen molar-refractivity contribution in [2.75, 3.05) is 30.7 Å². The van der Waals surface area contributed by atoms with Crippen LogP contribution in [0, 0.1) is 11.3 Å². The molecule has 0 aromatic carbocycles. The summed E-state index contributed by atoms with van der Waals surface area (Å²) in [5.41, 5.74) is 2.49. The number of aromatic nitrogens is 4. The van der Waals surface area contributed by atoms with Crippen molar-refractivity contribution in [3.63, 3.8) is 0 Å². The normalized spacial score (nSPS) is 19.3. The average molecular weight is 412 g/mol. The van der Waals surface area contributed by atoms with Crippen LogP contribution < -0.4 is 10.9 Å². The molecule has 152 valence electrons. The molecular formula is C20H25N7OS. The van der Waals surface area contributed by atoms with Crippen LogP contribution >= 0.6 is 11.8 Å². The van der Waals surface area contributed by atoms with E-state index in [1.165, 1.54) is 12.6 Å². The largest absolute Gasteiger partial charge is 0.366 e. The monoisotopic (exact) mass is 411 g/mol. The number of fused-ring (bicyclic) bond motifs is 1. The fourth-order valence-electron chi connectivity index (χ4n) is 3.99. The highest BCUT2D eigenvalue weighted by molar-refractivity contribution is 7.98. The third-order valence-electron chi connectivity index (χ3n) is 5.56. The zero-order valence-corrected chi connectivity index (χ0v) is 17.2. The Morgan fingerprint density at radius 1 is 1.28 bits per heavy atom. The zero-order chi connectivity index (χ0) is 20.1. The van der Waals surface area contributed by atoms with Gasteiger partial charge in [-0.3, -0.25) is 9.69 Å². The van der Waals surface area contributed by atoms with E-state index in [0.29, 0.717) is 30.6 Å². The van der Waals surface area contributed by atoms with Gasteiger partial charge < -0.3 is 5.32 Å². The highest BCUT2D eigenvalue weighted by Gasteiger charge is 2.23. The van der Waals surface area contributed by atoms with Crippen molar-refractivity contribution in [2.24, 2.45) is 0 Å². The molecule has 4 heterocycles. The molecule has 1 atom stereocenters. The van der Waals surface area contributed by atoms with Gasteiger partial charge in [-0.15, -0.1) is 0 Å². The van der Waals surface area contributed by atoms with Gasteiger partial charge in [-0.05, 0) is 30.7 Å². The van der Waals surface area contributed by atoms with Crippen molar-refractivity contribution >= 4 is 17.6 Å². The number of thioether (sulfide) groups is 1. The van der Waals surface area contributed by atoms with Crippen molar-refractivity contribution in [3.05, 3.63) is 45.8 Å². The highest BCUT2D eigenvalue weighted by Crippen LogP contribution is 2.21. The van der Waals surface area contributed by atoms with E-state index in [0.717, 1.165) is 55.1 Å². The Bertz CT molecular complexity index is 955. The molecule has 2 aliphatic rings. The van der Waals surface area contributed by atoms with Crippen LogP contribution in [0.1, 0.15) is 36.2 Å². The van der Waals surface area contributed by atoms with Crippen LogP contribution in [0.2, 0.25) is 0 Å². The van der Waals surface area contributed by atoms with Crippen LogP contribution in [-0.4, -0.2) is 56.1 Å². The maximum Gasteiger partial charge on any atom is 0.267 e. The molecule has 2 aromatic rings. The number of piperidine rings is 1. The summed E-state index contributed by atoms with van der Waals surface area (Å²) in [6, 6.07) is 4.18. The molecule has 1 fully saturated rings. The predicted octanol–water partition coefficient (Wildman–Crippen LogP) is 1.66. The molecule has 1 unspecified atom stereocenters. The molecule has 1 N–H and O–H groups in total. The number of nitrogens with one attached hydrogen (secondary N) is 1. The minimum atomic E-state index is -0.00356. The minimum Gasteiger partial charge on any atom is -0.366 e. The van der Waals surface area contributed by atoms with Gasteiger partial charge in [-0.2, -0.15) is 22.1 Å². The first-order valence-corrected chi connectivity index (χ1v) is 11.3. The highest BCUT2D eigenvalue weighted by atomic mass is 32.2. The SMILES string of the molecule is N#Cc1nccnc1NCC1CCCCN1CCn1nc2c(cc1=O)CSCC2. The van der Waals surface area contributed by atoms with Crippen LogP contribution in [-0.2, 0) is 18.7 Å². The van der Waals surface area contributed by atoms with Gasteiger partial charge in [-0.1, -0.05) is 6.42 Å². The maximum absolute atomic E-state index is 12.4. The number of rotatable bonds is 6. The van der Waals surface area contributed by atoms with Crippen molar-refractivity contribution in [3.8, 4) is 6.07 Å². The molecule has 8 nitrogen and oxygen atoms in total. The van der Waals surface area contributed by atoms with Crippen LogP contribution in [0.5, 0.6) is 0 Å². The van der Waals surface area contributed by atoms with E-state index in [4.69, 9.17) is 0 Å². The zero-order valence-electron chi connectivity index (χ0n) is 16.4. The number of aryl methyl sites for hydroxylation is 1. The molecular weight excluding hydrogens is 386 g/mol. The quantitative estimate of drug-likeness (QED) is 0.766. The summed E-state index contributed by atoms with van der Waals surface area (Å²) in [6.45, 7) is 3.11. The Hall–Kier alpha value is -2.44. The number of nitriles is 1. The second-order valence-electron chi connectivity index (χ2n) is 7.41. The Balaban J connectivity index is 1.39. The van der Waals surface area contributed by atoms with Crippen LogP contribution in [0.4, 0.5) is 5.82 Å². The minimum absolute atomic E-state index is 0.00356. The van der Waals surface area contributed by atoms with Crippen molar-refractivity contribution in [1.82, 2.24) is 24.6 Å². The van der Waals surface area contributed by atoms with Crippen molar-refractivity contribution in [1.29, 1.82) is 5.26 Å². The van der Waals surface area contributed by atoms with E-state index in [9.17, 15) is 10.1 Å². The van der Waals surface area contributed by atoms with Crippen LogP contribution in [0.25, 0.3) is 0 Å². The Labute approximate surface area is 174 Å². The predicted molar refractivity (Wildman–Crippen MR) is 113 cm³/mol. The molecule has 2 aliphatic heterocycles. The molecule has 0 radical (unpaired) electrons. The molecule has 4 rings (SSSR count). The fourth-order valence-corrected chi connectivity index (χ4v) is 4.94. The summed E-state index contributed by atoms with van der Waals surface area (Å²) < 4.78 is 1.63. The molecule has 29 heavy (non-hydrogen) atoms. The lowest BCUT2D eigenvalue weighted by atomic mass is 10.0. The van der Waals surface area contributed by atoms with Gasteiger partial charge in [0, 0.05) is 49.8 Å². The molecule has 2 aromatic heterocycles. The third kappa shape index (κ3) is 4.77. The first-order valence-electron chi connectivity index (χ1n) is 10.1. The second kappa shape index (κ2) is 9.37. The summed E-state index contributed by atoms with van der Waals surface area (Å²) in [6.07, 6.45) is 7.49. The van der Waals surface area contributed by atoms with Gasteiger partial charge in [0.1, 0.15) is 6.07 Å². The number of likely N-dealkylation sites (tertiary alicyclic amines) is 1. The summed E-state index contributed by atoms with van der Waals surface area (Å²) >= 11 is 1.86. The lowest BCUT2D eigenvalue weighted by Gasteiger charge is -2.36. The van der Waals surface area contributed by atoms with E-state index in [1.54, 1.807) is 16.9 Å². The van der Waals surface area contributed by atoms with Crippen LogP contribution in [0.3, 0.4) is 0 Å². The molecule has 9 heteroatoms. The Morgan fingerprint density at radius 3 is 3.07 bits per heavy atom. The third-order valence-corrected chi connectivity index (χ3v) is 6.57. The van der Waals surface area contributed by atoms with Gasteiger partial charge in [-0.25, -0.2) is 14.6 Å². The Morgan fingerprint density at radius 2 is 2.17 bits per heavy atom. The number of hydrogen-bond donors (Lipinski definition) is 1. The van der Waals surface area contributed by atoms with Gasteiger partial charge >= 0.3 is 0 Å². The molecule has 0 saturated carbocycles. The molecule has 0 bridgehead atoms. The smallest absolute Gasteiger partial charge is 0.267 e. The summed E-state index contributed by atoms with van der Waals surface area (Å²) in [4.78, 5) is 23.1. The summed E-state index contributed by atoms with van der Waals surface area (Å²) in [5, 5.41) is 17.1. The van der Waals surface area contributed by atoms with Crippen LogP contribution in [0.15, 0.2) is 23.3 Å². The summed E-state index contributed by atoms with van der Waals surface area (Å²) in [5.74, 6) is 2.50. The van der Waals surface area contributed by atoms with E-state index in [-0.39, 0.29) is 5.56 Å². The van der Waals surface area contributed by atoms with Gasteiger partial charge in [0.25, 0.3) is 5.56 Å². The van der Waals surface area contributed by atoms with Gasteiger partial charge in [0.05, 0.1) is 12.2 Å². The molecule has 0 spiro atoms. The standard InChI is InChI=1S/C20H25N7OS/c21-12-18-20(23-6-5-22-18)24-13-16-3-1-2-7-26(16)8-9-27-19(28)11-15-14-29-10-4-17(15)25-27/h5-6,11,16H,1-4,7-10,13-14H2,(H,23,24). The topological polar surface area (TPSA) is 99.7 Å². The average Bonchev–Trinajstić information content (AvgIpc) is 2.77. The lowest BCUT2D eigenvalue weighted by molar-refractivity contribution is 0.147. The van der Waals surface area contributed by atoms with Gasteiger partial charge in [0.15, 0.2) is 11.5 Å². The number of nitrogens with zero attached hydrogens (tertiary/aromatic N) is 6. The van der Waals surface area contributed by atoms with E-state index >= 15 is 0 Å². The van der Waals surface area contributed by atoms with E-state index in [1.807, 2.05) is 11.8 Å². The second-order valence-corrected chi connectivity index (χ2v) is 8.52. The lowest BCUT2D eigenvalue weighted by Crippen LogP contribution is -2.46. The first-order chi connectivity index (χ1) is 14.2. The Kier molecular flexibility index (Phi) is 6.42. The molecule has 1 saturated heterocycles. The van der Waals surface area contributed by atoms with Crippen molar-refractivity contribution in [2.45, 2.75) is 44.0 Å². The maximum atomic E-state index is 12.4. The fraction of sp³-hybridized carbons (Fsp3) is 0.550. The molecule has 0 amide bonds. The first kappa shape index (κ1) is 19.9. The number of hydrogen-bond acceptors (Lipinski definition) is 8. The van der Waals surface area contributed by atoms with E-state index in [2.05, 4.69) is 31.4 Å². The summed E-state index contributed by atoms with van der Waals surface area (Å²) in [7, 11) is 0. The van der Waals surface area contributed by atoms with E-state index < -0.39 is 0 Å². The number of anilines is 1.